The van der Waals surface area contributed by atoms with Gasteiger partial charge in [-0.25, -0.2) is 8.42 Å². The summed E-state index contributed by atoms with van der Waals surface area (Å²) in [7, 11) is -2.50. The van der Waals surface area contributed by atoms with E-state index < -0.39 is 15.6 Å². The highest BCUT2D eigenvalue weighted by Crippen LogP contribution is 2.31. The third-order valence-electron chi connectivity index (χ3n) is 5.29. The van der Waals surface area contributed by atoms with E-state index in [9.17, 15) is 23.7 Å². The maximum absolute atomic E-state index is 13.3. The molecule has 0 bridgehead atoms. The number of anilines is 2. The van der Waals surface area contributed by atoms with Crippen LogP contribution in [0.2, 0.25) is 0 Å². The van der Waals surface area contributed by atoms with Crippen molar-refractivity contribution in [1.82, 2.24) is 9.72 Å². The summed E-state index contributed by atoms with van der Waals surface area (Å²) in [6.45, 7) is 1.62. The van der Waals surface area contributed by atoms with E-state index in [1.54, 1.807) is 31.2 Å². The van der Waals surface area contributed by atoms with E-state index in [2.05, 4.69) is 9.88 Å². The molecule has 0 atom stereocenters. The largest absolute Gasteiger partial charge is 0.497 e. The molecular weight excluding hydrogens is 484 g/mol. The van der Waals surface area contributed by atoms with E-state index in [0.717, 1.165) is 4.57 Å². The number of pyridine rings is 1. The van der Waals surface area contributed by atoms with Crippen LogP contribution in [-0.4, -0.2) is 25.3 Å². The van der Waals surface area contributed by atoms with Crippen molar-refractivity contribution in [1.29, 1.82) is 10.5 Å². The van der Waals surface area contributed by atoms with Crippen molar-refractivity contribution in [2.75, 3.05) is 17.6 Å². The second kappa shape index (κ2) is 9.29. The maximum Gasteiger partial charge on any atom is 0.275 e. The van der Waals surface area contributed by atoms with Gasteiger partial charge in [-0.15, -0.1) is 0 Å². The Labute approximate surface area is 205 Å². The topological polar surface area (TPSA) is 177 Å². The quantitative estimate of drug-likeness (QED) is 0.401. The smallest absolute Gasteiger partial charge is 0.275 e. The van der Waals surface area contributed by atoms with E-state index in [0.29, 0.717) is 17.1 Å². The number of nitriles is 2. The van der Waals surface area contributed by atoms with Gasteiger partial charge in [-0.3, -0.25) is 14.1 Å². The molecule has 0 aliphatic rings. The number of nitrogens with two attached hydrogens (primary N) is 1. The van der Waals surface area contributed by atoms with Crippen LogP contribution in [0.3, 0.4) is 0 Å². The number of sulfonamides is 1. The average Bonchev–Trinajstić information content (AvgIpc) is 3.27. The lowest BCUT2D eigenvalue weighted by molar-refractivity contribution is 0.400. The lowest BCUT2D eigenvalue weighted by Gasteiger charge is -2.16. The molecule has 180 valence electrons. The highest BCUT2D eigenvalue weighted by atomic mass is 32.2. The van der Waals surface area contributed by atoms with E-state index >= 15 is 0 Å². The third-order valence-corrected chi connectivity index (χ3v) is 6.66. The lowest BCUT2D eigenvalue weighted by atomic mass is 9.96. The number of hydrogen-bond donors (Lipinski definition) is 2. The van der Waals surface area contributed by atoms with Crippen molar-refractivity contribution in [3.8, 4) is 34.7 Å². The molecule has 2 aromatic heterocycles. The first-order chi connectivity index (χ1) is 17.2. The number of hydrogen-bond acceptors (Lipinski definition) is 9. The summed E-state index contributed by atoms with van der Waals surface area (Å²) in [6.07, 6.45) is 0. The lowest BCUT2D eigenvalue weighted by Crippen LogP contribution is -2.26. The minimum atomic E-state index is -4.00. The number of nitrogen functional groups attached to an aromatic ring is 1. The first kappa shape index (κ1) is 24.1. The van der Waals surface area contributed by atoms with Gasteiger partial charge in [0.25, 0.3) is 15.6 Å². The molecule has 2 aromatic carbocycles. The summed E-state index contributed by atoms with van der Waals surface area (Å²) in [5.74, 6) is 0.806. The highest BCUT2D eigenvalue weighted by Gasteiger charge is 2.23. The van der Waals surface area contributed by atoms with Gasteiger partial charge in [-0.1, -0.05) is 17.3 Å². The Morgan fingerprint density at radius 1 is 1.06 bits per heavy atom. The number of aromatic nitrogens is 2. The Hall–Kier alpha value is -5.07. The molecular formula is C24H18N6O5S. The predicted molar refractivity (Wildman–Crippen MR) is 130 cm³/mol. The van der Waals surface area contributed by atoms with Gasteiger partial charge in [0.1, 0.15) is 40.6 Å². The zero-order valence-electron chi connectivity index (χ0n) is 19.0. The summed E-state index contributed by atoms with van der Waals surface area (Å²) >= 11 is 0. The summed E-state index contributed by atoms with van der Waals surface area (Å²) in [5, 5.41) is 23.3. The van der Waals surface area contributed by atoms with E-state index in [1.165, 1.54) is 37.4 Å². The molecule has 3 N–H and O–H groups in total. The van der Waals surface area contributed by atoms with Gasteiger partial charge in [0.15, 0.2) is 5.82 Å². The van der Waals surface area contributed by atoms with Crippen LogP contribution in [0.15, 0.2) is 68.8 Å². The number of aryl methyl sites for hydroxylation is 1. The number of benzene rings is 2. The molecule has 0 fully saturated rings. The van der Waals surface area contributed by atoms with Crippen molar-refractivity contribution in [2.45, 2.75) is 11.8 Å². The van der Waals surface area contributed by atoms with Crippen LogP contribution in [0.25, 0.3) is 16.8 Å². The fourth-order valence-corrected chi connectivity index (χ4v) is 4.58. The minimum Gasteiger partial charge on any atom is -0.497 e. The van der Waals surface area contributed by atoms with Crippen molar-refractivity contribution in [2.24, 2.45) is 0 Å². The maximum atomic E-state index is 13.3. The van der Waals surface area contributed by atoms with Gasteiger partial charge in [0, 0.05) is 11.6 Å². The molecule has 0 unspecified atom stereocenters. The summed E-state index contributed by atoms with van der Waals surface area (Å²) in [6, 6.07) is 17.0. The number of rotatable bonds is 6. The predicted octanol–water partition coefficient (Wildman–Crippen LogP) is 2.94. The van der Waals surface area contributed by atoms with E-state index in [4.69, 9.17) is 15.0 Å². The Morgan fingerprint density at radius 2 is 1.69 bits per heavy atom. The molecule has 0 aliphatic carbocycles. The van der Waals surface area contributed by atoms with Crippen LogP contribution in [0.1, 0.15) is 16.9 Å². The van der Waals surface area contributed by atoms with Crippen molar-refractivity contribution < 1.29 is 17.7 Å². The third kappa shape index (κ3) is 4.24. The van der Waals surface area contributed by atoms with Gasteiger partial charge >= 0.3 is 0 Å². The van der Waals surface area contributed by atoms with Crippen LogP contribution in [0.5, 0.6) is 5.75 Å². The molecule has 0 aliphatic heterocycles. The Kier molecular flexibility index (Phi) is 6.21. The van der Waals surface area contributed by atoms with Gasteiger partial charge in [-0.2, -0.15) is 10.5 Å². The van der Waals surface area contributed by atoms with Crippen molar-refractivity contribution in [3.63, 3.8) is 0 Å². The van der Waals surface area contributed by atoms with Crippen LogP contribution in [0, 0.1) is 29.6 Å². The van der Waals surface area contributed by atoms with Crippen LogP contribution >= 0.6 is 0 Å². The number of nitrogens with one attached hydrogen (secondary N) is 1. The second-order valence-electron chi connectivity index (χ2n) is 7.53. The standard InChI is InChI=1S/C24H18N6O5S/c1-14-11-21(28-35-14)29-36(32,33)18-9-5-16(6-10-18)30-23(27)19(12-25)22(20(13-26)24(30)31)15-3-7-17(34-2)8-4-15/h3-11H,27H2,1-2H3,(H,28,29). The summed E-state index contributed by atoms with van der Waals surface area (Å²) < 4.78 is 38.6. The summed E-state index contributed by atoms with van der Waals surface area (Å²) in [5.41, 5.74) is 5.83. The molecule has 2 heterocycles. The molecule has 0 amide bonds. The molecule has 0 saturated carbocycles. The Bertz CT molecular complexity index is 1710. The summed E-state index contributed by atoms with van der Waals surface area (Å²) in [4.78, 5) is 13.2. The SMILES string of the molecule is COc1ccc(-c2c(C#N)c(N)n(-c3ccc(S(=O)(=O)Nc4cc(C)on4)cc3)c(=O)c2C#N)cc1. The van der Waals surface area contributed by atoms with Crippen LogP contribution in [-0.2, 0) is 10.0 Å². The van der Waals surface area contributed by atoms with Crippen LogP contribution in [0.4, 0.5) is 11.6 Å². The van der Waals surface area contributed by atoms with Gasteiger partial charge < -0.3 is 15.0 Å². The fraction of sp³-hybridized carbons (Fsp3) is 0.0833. The molecule has 12 heteroatoms. The van der Waals surface area contributed by atoms with Gasteiger partial charge in [-0.05, 0) is 48.9 Å². The first-order valence-electron chi connectivity index (χ1n) is 10.3. The van der Waals surface area contributed by atoms with Crippen molar-refractivity contribution >= 4 is 21.7 Å². The van der Waals surface area contributed by atoms with E-state index in [-0.39, 0.29) is 38.9 Å². The van der Waals surface area contributed by atoms with Gasteiger partial charge in [0.2, 0.25) is 0 Å². The highest BCUT2D eigenvalue weighted by molar-refractivity contribution is 7.92. The monoisotopic (exact) mass is 502 g/mol. The molecule has 0 spiro atoms. The second-order valence-corrected chi connectivity index (χ2v) is 9.21. The number of nitrogens with zero attached hydrogens (tertiary/aromatic N) is 4. The number of methoxy groups -OCH3 is 1. The molecule has 4 aromatic rings. The van der Waals surface area contributed by atoms with E-state index in [1.807, 2.05) is 12.1 Å². The minimum absolute atomic E-state index is 0.0171. The Morgan fingerprint density at radius 3 is 2.22 bits per heavy atom. The fourth-order valence-electron chi connectivity index (χ4n) is 3.60. The molecule has 0 radical (unpaired) electrons. The normalized spacial score (nSPS) is 10.9. The molecule has 11 nitrogen and oxygen atoms in total. The Balaban J connectivity index is 1.81. The molecule has 4 rings (SSSR count). The van der Waals surface area contributed by atoms with Gasteiger partial charge in [0.05, 0.1) is 17.7 Å². The zero-order valence-corrected chi connectivity index (χ0v) is 19.8. The van der Waals surface area contributed by atoms with Crippen molar-refractivity contribution in [3.05, 3.63) is 81.8 Å². The molecule has 0 saturated heterocycles. The average molecular weight is 503 g/mol. The molecule has 36 heavy (non-hydrogen) atoms. The number of ether oxygens (including phenoxy) is 1. The van der Waals surface area contributed by atoms with Crippen LogP contribution < -0.4 is 20.8 Å². The zero-order chi connectivity index (χ0) is 26.0. The first-order valence-corrected chi connectivity index (χ1v) is 11.8.